The minimum Gasteiger partial charge on any atom is -0.338 e. The Morgan fingerprint density at radius 2 is 1.72 bits per heavy atom. The Labute approximate surface area is 146 Å². The van der Waals surface area contributed by atoms with Gasteiger partial charge in [-0.3, -0.25) is 9.36 Å². The fourth-order valence-electron chi connectivity index (χ4n) is 3.45. The van der Waals surface area contributed by atoms with E-state index in [0.717, 1.165) is 36.5 Å². The van der Waals surface area contributed by atoms with Crippen molar-refractivity contribution in [2.75, 3.05) is 13.1 Å². The summed E-state index contributed by atoms with van der Waals surface area (Å²) < 4.78 is 2.03. The summed E-state index contributed by atoms with van der Waals surface area (Å²) in [4.78, 5) is 14.7. The highest BCUT2D eigenvalue weighted by Crippen LogP contribution is 2.27. The molecule has 2 aromatic carbocycles. The van der Waals surface area contributed by atoms with E-state index in [1.807, 2.05) is 70.1 Å². The van der Waals surface area contributed by atoms with Gasteiger partial charge in [0, 0.05) is 30.3 Å². The summed E-state index contributed by atoms with van der Waals surface area (Å²) in [5.74, 6) is 1.22. The Balaban J connectivity index is 1.57. The molecule has 0 N–H and O–H groups in total. The van der Waals surface area contributed by atoms with Gasteiger partial charge in [0.25, 0.3) is 5.91 Å². The molecule has 0 saturated carbocycles. The summed E-state index contributed by atoms with van der Waals surface area (Å²) in [5, 5.41) is 8.47. The van der Waals surface area contributed by atoms with Crippen molar-refractivity contribution in [1.29, 1.82) is 0 Å². The van der Waals surface area contributed by atoms with Crippen LogP contribution in [0.3, 0.4) is 0 Å². The molecule has 0 bridgehead atoms. The number of hydrogen-bond donors (Lipinski definition) is 0. The molecule has 1 aliphatic heterocycles. The molecule has 5 heteroatoms. The van der Waals surface area contributed by atoms with E-state index in [0.29, 0.717) is 6.54 Å². The van der Waals surface area contributed by atoms with Crippen LogP contribution in [0.2, 0.25) is 0 Å². The van der Waals surface area contributed by atoms with E-state index < -0.39 is 0 Å². The van der Waals surface area contributed by atoms with Crippen LogP contribution < -0.4 is 0 Å². The number of hydrogen-bond acceptors (Lipinski definition) is 3. The molecule has 0 radical (unpaired) electrons. The van der Waals surface area contributed by atoms with E-state index in [2.05, 4.69) is 10.2 Å². The Bertz CT molecular complexity index is 844. The van der Waals surface area contributed by atoms with Crippen molar-refractivity contribution in [3.05, 3.63) is 78.4 Å². The van der Waals surface area contributed by atoms with Crippen LogP contribution in [0.4, 0.5) is 0 Å². The van der Waals surface area contributed by atoms with Gasteiger partial charge in [0.2, 0.25) is 0 Å². The van der Waals surface area contributed by atoms with Gasteiger partial charge in [0.15, 0.2) is 0 Å². The van der Waals surface area contributed by atoms with Gasteiger partial charge in [-0.15, -0.1) is 10.2 Å². The molecule has 126 valence electrons. The second-order valence-electron chi connectivity index (χ2n) is 6.35. The Kier molecular flexibility index (Phi) is 4.29. The maximum Gasteiger partial charge on any atom is 0.253 e. The number of carbonyl (C=O) groups is 1. The largest absolute Gasteiger partial charge is 0.338 e. The molecule has 3 aromatic rings. The van der Waals surface area contributed by atoms with E-state index >= 15 is 0 Å². The highest BCUT2D eigenvalue weighted by molar-refractivity contribution is 5.94. The highest BCUT2D eigenvalue weighted by Gasteiger charge is 2.28. The first kappa shape index (κ1) is 15.6. The minimum absolute atomic E-state index is 0.0936. The van der Waals surface area contributed by atoms with E-state index in [-0.39, 0.29) is 11.8 Å². The first-order valence-corrected chi connectivity index (χ1v) is 8.62. The van der Waals surface area contributed by atoms with Gasteiger partial charge in [-0.25, -0.2) is 0 Å². The predicted molar refractivity (Wildman–Crippen MR) is 95.7 cm³/mol. The van der Waals surface area contributed by atoms with Crippen molar-refractivity contribution in [3.8, 4) is 5.69 Å². The molecule has 25 heavy (non-hydrogen) atoms. The zero-order valence-corrected chi connectivity index (χ0v) is 14.0. The van der Waals surface area contributed by atoms with Crippen molar-refractivity contribution in [3.63, 3.8) is 0 Å². The number of nitrogens with zero attached hydrogens (tertiary/aromatic N) is 4. The molecule has 1 saturated heterocycles. The first-order valence-electron chi connectivity index (χ1n) is 8.62. The molecule has 1 fully saturated rings. The molecular formula is C20H20N4O. The summed E-state index contributed by atoms with van der Waals surface area (Å²) in [5.41, 5.74) is 1.79. The van der Waals surface area contributed by atoms with Gasteiger partial charge in [0.05, 0.1) is 0 Å². The average molecular weight is 332 g/mol. The van der Waals surface area contributed by atoms with Crippen molar-refractivity contribution < 1.29 is 4.79 Å². The van der Waals surface area contributed by atoms with E-state index in [9.17, 15) is 4.79 Å². The smallest absolute Gasteiger partial charge is 0.253 e. The highest BCUT2D eigenvalue weighted by atomic mass is 16.2. The lowest BCUT2D eigenvalue weighted by atomic mass is 9.96. The summed E-state index contributed by atoms with van der Waals surface area (Å²) >= 11 is 0. The topological polar surface area (TPSA) is 51.0 Å². The molecule has 0 aliphatic carbocycles. The lowest BCUT2D eigenvalue weighted by molar-refractivity contribution is 0.0704. The summed E-state index contributed by atoms with van der Waals surface area (Å²) in [6, 6.07) is 19.6. The van der Waals surface area contributed by atoms with Crippen molar-refractivity contribution >= 4 is 5.91 Å². The lowest BCUT2D eigenvalue weighted by Gasteiger charge is -2.32. The third-order valence-corrected chi connectivity index (χ3v) is 4.70. The van der Waals surface area contributed by atoms with Crippen LogP contribution in [0.25, 0.3) is 5.69 Å². The maximum atomic E-state index is 12.8. The Hall–Kier alpha value is -2.95. The van der Waals surface area contributed by atoms with E-state index in [1.54, 1.807) is 6.33 Å². The second-order valence-corrected chi connectivity index (χ2v) is 6.35. The average Bonchev–Trinajstić information content (AvgIpc) is 3.19. The maximum absolute atomic E-state index is 12.8. The summed E-state index contributed by atoms with van der Waals surface area (Å²) in [7, 11) is 0. The quantitative estimate of drug-likeness (QED) is 0.739. The van der Waals surface area contributed by atoms with Gasteiger partial charge in [0.1, 0.15) is 12.2 Å². The minimum atomic E-state index is 0.0936. The van der Waals surface area contributed by atoms with Gasteiger partial charge in [-0.05, 0) is 37.1 Å². The van der Waals surface area contributed by atoms with Crippen LogP contribution in [0.1, 0.15) is 34.9 Å². The number of aromatic nitrogens is 3. The third kappa shape index (κ3) is 3.18. The van der Waals surface area contributed by atoms with Gasteiger partial charge in [-0.2, -0.15) is 0 Å². The number of rotatable bonds is 3. The molecule has 4 rings (SSSR count). The molecule has 2 heterocycles. The molecule has 1 aliphatic rings. The number of amides is 1. The molecule has 0 spiro atoms. The molecule has 1 amide bonds. The van der Waals surface area contributed by atoms with Crippen molar-refractivity contribution in [2.24, 2.45) is 0 Å². The summed E-state index contributed by atoms with van der Waals surface area (Å²) in [6.45, 7) is 1.48. The lowest BCUT2D eigenvalue weighted by Crippen LogP contribution is -2.39. The van der Waals surface area contributed by atoms with Crippen LogP contribution in [-0.4, -0.2) is 38.7 Å². The van der Waals surface area contributed by atoms with Crippen LogP contribution in [-0.2, 0) is 0 Å². The van der Waals surface area contributed by atoms with Crippen molar-refractivity contribution in [2.45, 2.75) is 18.8 Å². The first-order chi connectivity index (χ1) is 12.3. The number of piperidine rings is 1. The standard InChI is InChI=1S/C20H20N4O/c25-20(16-8-3-1-4-9-16)23-13-7-10-17(14-23)19-22-21-15-24(19)18-11-5-2-6-12-18/h1-6,8-9,11-12,15,17H,7,10,13-14H2. The number of likely N-dealkylation sites (tertiary alicyclic amines) is 1. The number of carbonyl (C=O) groups excluding carboxylic acids is 1. The molecule has 1 unspecified atom stereocenters. The monoisotopic (exact) mass is 332 g/mol. The molecule has 1 atom stereocenters. The molecule has 1 aromatic heterocycles. The normalized spacial score (nSPS) is 17.4. The van der Waals surface area contributed by atoms with E-state index in [1.165, 1.54) is 0 Å². The summed E-state index contributed by atoms with van der Waals surface area (Å²) in [6.07, 6.45) is 3.75. The fourth-order valence-corrected chi connectivity index (χ4v) is 3.45. The predicted octanol–water partition coefficient (Wildman–Crippen LogP) is 3.29. The van der Waals surface area contributed by atoms with Crippen LogP contribution in [0.5, 0.6) is 0 Å². The number of benzene rings is 2. The molecule has 5 nitrogen and oxygen atoms in total. The zero-order valence-electron chi connectivity index (χ0n) is 14.0. The van der Waals surface area contributed by atoms with Crippen LogP contribution >= 0.6 is 0 Å². The fraction of sp³-hybridized carbons (Fsp3) is 0.250. The van der Waals surface area contributed by atoms with Crippen LogP contribution in [0.15, 0.2) is 67.0 Å². The van der Waals surface area contributed by atoms with E-state index in [4.69, 9.17) is 0 Å². The second kappa shape index (κ2) is 6.89. The zero-order chi connectivity index (χ0) is 17.1. The SMILES string of the molecule is O=C(c1ccccc1)N1CCCC(c2nncn2-c2ccccc2)C1. The third-order valence-electron chi connectivity index (χ3n) is 4.70. The van der Waals surface area contributed by atoms with Gasteiger partial charge in [-0.1, -0.05) is 36.4 Å². The Morgan fingerprint density at radius 1 is 1.00 bits per heavy atom. The van der Waals surface area contributed by atoms with Crippen molar-refractivity contribution in [1.82, 2.24) is 19.7 Å². The van der Waals surface area contributed by atoms with Gasteiger partial charge < -0.3 is 4.90 Å². The van der Waals surface area contributed by atoms with Gasteiger partial charge >= 0.3 is 0 Å². The Morgan fingerprint density at radius 3 is 2.48 bits per heavy atom. The molecular weight excluding hydrogens is 312 g/mol. The van der Waals surface area contributed by atoms with Crippen LogP contribution in [0, 0.1) is 0 Å². The number of para-hydroxylation sites is 1.